The number of nitrogens with zero attached hydrogens (tertiary/aromatic N) is 7. The van der Waals surface area contributed by atoms with Gasteiger partial charge in [0.1, 0.15) is 34.4 Å². The Hall–Kier alpha value is -3.41. The number of fused-ring (bicyclic) bond motifs is 4. The number of carbonyl (C=O) groups is 1. The van der Waals surface area contributed by atoms with Crippen molar-refractivity contribution in [1.29, 1.82) is 0 Å². The van der Waals surface area contributed by atoms with Gasteiger partial charge in [0.05, 0.1) is 23.5 Å². The number of benzene rings is 1. The van der Waals surface area contributed by atoms with Crippen molar-refractivity contribution < 1.29 is 9.18 Å². The van der Waals surface area contributed by atoms with E-state index in [1.54, 1.807) is 23.5 Å². The normalized spacial score (nSPS) is 15.8. The van der Waals surface area contributed by atoms with Crippen LogP contribution in [0.5, 0.6) is 0 Å². The summed E-state index contributed by atoms with van der Waals surface area (Å²) in [4.78, 5) is 27.9. The van der Waals surface area contributed by atoms with Gasteiger partial charge in [-0.25, -0.2) is 14.4 Å². The fourth-order valence-corrected chi connectivity index (χ4v) is 6.22. The molecule has 1 N–H and O–H groups in total. The van der Waals surface area contributed by atoms with Crippen LogP contribution in [0.3, 0.4) is 0 Å². The lowest BCUT2D eigenvalue weighted by atomic mass is 10.0. The zero-order valence-electron chi connectivity index (χ0n) is 20.1. The fourth-order valence-electron chi connectivity index (χ4n) is 4.84. The lowest BCUT2D eigenvalue weighted by Gasteiger charge is -2.27. The van der Waals surface area contributed by atoms with Crippen molar-refractivity contribution in [1.82, 2.24) is 34.5 Å². The van der Waals surface area contributed by atoms with E-state index in [1.807, 2.05) is 17.9 Å². The zero-order chi connectivity index (χ0) is 25.5. The van der Waals surface area contributed by atoms with Crippen LogP contribution in [0.1, 0.15) is 22.1 Å². The van der Waals surface area contributed by atoms with Crippen LogP contribution in [0, 0.1) is 12.7 Å². The van der Waals surface area contributed by atoms with E-state index in [4.69, 9.17) is 11.6 Å². The number of carbonyl (C=O) groups excluding carboxylic acids is 1. The van der Waals surface area contributed by atoms with Crippen molar-refractivity contribution in [2.24, 2.45) is 0 Å². The Morgan fingerprint density at radius 2 is 2.11 bits per heavy atom. The summed E-state index contributed by atoms with van der Waals surface area (Å²) < 4.78 is 15.7. The third kappa shape index (κ3) is 4.70. The first-order valence-corrected chi connectivity index (χ1v) is 13.2. The number of thiophene rings is 1. The van der Waals surface area contributed by atoms with Crippen LogP contribution >= 0.6 is 22.9 Å². The number of hydrogen-bond acceptors (Lipinski definition) is 8. The number of aryl methyl sites for hydroxylation is 1. The van der Waals surface area contributed by atoms with E-state index in [1.165, 1.54) is 18.5 Å². The minimum atomic E-state index is -0.470. The van der Waals surface area contributed by atoms with Crippen molar-refractivity contribution in [3.8, 4) is 0 Å². The molecule has 37 heavy (non-hydrogen) atoms. The van der Waals surface area contributed by atoms with Crippen LogP contribution in [-0.2, 0) is 30.8 Å². The minimum absolute atomic E-state index is 0.00418. The molecular formula is C25H24ClFN8OS. The average Bonchev–Trinajstić information content (AvgIpc) is 3.46. The molecule has 0 radical (unpaired) electrons. The predicted molar refractivity (Wildman–Crippen MR) is 140 cm³/mol. The summed E-state index contributed by atoms with van der Waals surface area (Å²) in [5.74, 6) is 2.10. The van der Waals surface area contributed by atoms with Crippen molar-refractivity contribution in [2.45, 2.75) is 33.0 Å². The molecule has 1 amide bonds. The molecule has 0 saturated carbocycles. The van der Waals surface area contributed by atoms with Gasteiger partial charge in [-0.2, -0.15) is 0 Å². The second-order valence-corrected chi connectivity index (χ2v) is 10.6. The molecule has 0 saturated heterocycles. The molecule has 3 aromatic heterocycles. The van der Waals surface area contributed by atoms with Crippen molar-refractivity contribution in [2.75, 3.05) is 25.0 Å². The van der Waals surface area contributed by atoms with E-state index >= 15 is 0 Å². The Morgan fingerprint density at radius 3 is 2.97 bits per heavy atom. The average molecular weight is 539 g/mol. The van der Waals surface area contributed by atoms with E-state index in [0.717, 1.165) is 51.9 Å². The number of halogens is 2. The topological polar surface area (TPSA) is 92.1 Å². The second kappa shape index (κ2) is 9.81. The van der Waals surface area contributed by atoms with Crippen LogP contribution in [0.2, 0.25) is 5.02 Å². The first kappa shape index (κ1) is 24.0. The van der Waals surface area contributed by atoms with Gasteiger partial charge in [-0.3, -0.25) is 9.69 Å². The number of rotatable bonds is 5. The maximum Gasteiger partial charge on any atom is 0.246 e. The smallest absolute Gasteiger partial charge is 0.246 e. The molecule has 5 heterocycles. The quantitative estimate of drug-likeness (QED) is 0.383. The summed E-state index contributed by atoms with van der Waals surface area (Å²) in [5, 5.41) is 12.6. The summed E-state index contributed by atoms with van der Waals surface area (Å²) in [6, 6.07) is 4.48. The van der Waals surface area contributed by atoms with E-state index in [2.05, 4.69) is 34.9 Å². The molecule has 190 valence electrons. The number of aromatic nitrogens is 5. The number of nitrogens with one attached hydrogen (secondary N) is 1. The van der Waals surface area contributed by atoms with Crippen LogP contribution in [0.4, 0.5) is 15.9 Å². The predicted octanol–water partition coefficient (Wildman–Crippen LogP) is 4.08. The lowest BCUT2D eigenvalue weighted by Crippen LogP contribution is -2.35. The molecule has 0 fully saturated rings. The van der Waals surface area contributed by atoms with Crippen LogP contribution < -0.4 is 5.32 Å². The van der Waals surface area contributed by atoms with E-state index < -0.39 is 5.82 Å². The summed E-state index contributed by atoms with van der Waals surface area (Å²) in [6.45, 7) is 6.31. The van der Waals surface area contributed by atoms with Gasteiger partial charge in [0.2, 0.25) is 5.91 Å². The van der Waals surface area contributed by atoms with E-state index in [9.17, 15) is 9.18 Å². The van der Waals surface area contributed by atoms with Gasteiger partial charge in [0.15, 0.2) is 0 Å². The van der Waals surface area contributed by atoms with Crippen molar-refractivity contribution in [3.05, 3.63) is 69.6 Å². The zero-order valence-corrected chi connectivity index (χ0v) is 21.7. The Kier molecular flexibility index (Phi) is 6.35. The summed E-state index contributed by atoms with van der Waals surface area (Å²) in [6.07, 6.45) is 5.83. The standard InChI is InChI=1S/C25H24ClFN8OS/c1-15-31-32-21-13-33(9-10-35(15)21)7-2-3-22(36)34-8-6-17-20(12-34)37-25-23(17)24(28-14-29-25)30-16-4-5-19(27)18(26)11-16/h2-5,11,14H,6-10,12-13H2,1H3,(H,28,29,30)/b3-2+. The highest BCUT2D eigenvalue weighted by atomic mass is 35.5. The van der Waals surface area contributed by atoms with Gasteiger partial charge in [-0.15, -0.1) is 21.5 Å². The molecular weight excluding hydrogens is 515 g/mol. The van der Waals surface area contributed by atoms with Crippen LogP contribution in [0.15, 0.2) is 36.7 Å². The lowest BCUT2D eigenvalue weighted by molar-refractivity contribution is -0.126. The molecule has 0 atom stereocenters. The fraction of sp³-hybridized carbons (Fsp3) is 0.320. The maximum absolute atomic E-state index is 13.6. The molecule has 0 aliphatic carbocycles. The third-order valence-electron chi connectivity index (χ3n) is 6.77. The summed E-state index contributed by atoms with van der Waals surface area (Å²) >= 11 is 7.52. The molecule has 6 rings (SSSR count). The molecule has 9 nitrogen and oxygen atoms in total. The van der Waals surface area contributed by atoms with Crippen molar-refractivity contribution in [3.63, 3.8) is 0 Å². The molecule has 0 unspecified atom stereocenters. The maximum atomic E-state index is 13.6. The highest BCUT2D eigenvalue weighted by Gasteiger charge is 2.26. The first-order valence-electron chi connectivity index (χ1n) is 12.0. The number of amides is 1. The molecule has 2 aliphatic rings. The Morgan fingerprint density at radius 1 is 1.22 bits per heavy atom. The monoisotopic (exact) mass is 538 g/mol. The minimum Gasteiger partial charge on any atom is -0.340 e. The highest BCUT2D eigenvalue weighted by molar-refractivity contribution is 7.19. The molecule has 4 aromatic rings. The summed E-state index contributed by atoms with van der Waals surface area (Å²) in [5.41, 5.74) is 1.80. The van der Waals surface area contributed by atoms with Gasteiger partial charge < -0.3 is 14.8 Å². The van der Waals surface area contributed by atoms with Gasteiger partial charge in [-0.1, -0.05) is 17.7 Å². The van der Waals surface area contributed by atoms with E-state index in [-0.39, 0.29) is 10.9 Å². The van der Waals surface area contributed by atoms with Gasteiger partial charge >= 0.3 is 0 Å². The third-order valence-corrected chi connectivity index (χ3v) is 8.19. The second-order valence-electron chi connectivity index (χ2n) is 9.12. The Balaban J connectivity index is 1.13. The number of anilines is 2. The molecule has 1 aromatic carbocycles. The first-order chi connectivity index (χ1) is 18.0. The van der Waals surface area contributed by atoms with Crippen molar-refractivity contribution >= 4 is 50.6 Å². The Bertz CT molecular complexity index is 1530. The SMILES string of the molecule is Cc1nnc2n1CCN(C/C=C/C(=O)N1CCc3c(sc4ncnc(Nc5ccc(F)c(Cl)c5)c34)C1)C2. The van der Waals surface area contributed by atoms with E-state index in [0.29, 0.717) is 37.6 Å². The molecule has 0 bridgehead atoms. The molecule has 0 spiro atoms. The van der Waals surface area contributed by atoms with Gasteiger partial charge in [0.25, 0.3) is 0 Å². The molecule has 2 aliphatic heterocycles. The summed E-state index contributed by atoms with van der Waals surface area (Å²) in [7, 11) is 0. The largest absolute Gasteiger partial charge is 0.340 e. The van der Waals surface area contributed by atoms with Gasteiger partial charge in [0, 0.05) is 42.8 Å². The Labute approximate surface area is 221 Å². The molecule has 12 heteroatoms. The number of hydrogen-bond donors (Lipinski definition) is 1. The van der Waals surface area contributed by atoms with Crippen LogP contribution in [0.25, 0.3) is 10.2 Å². The highest BCUT2D eigenvalue weighted by Crippen LogP contribution is 2.38. The van der Waals surface area contributed by atoms with Crippen LogP contribution in [-0.4, -0.2) is 60.1 Å². The van der Waals surface area contributed by atoms with Gasteiger partial charge in [-0.05, 0) is 37.1 Å².